The molecule has 1 N–H and O–H groups in total. The second-order valence-electron chi connectivity index (χ2n) is 5.98. The van der Waals surface area contributed by atoms with Crippen LogP contribution in [0.5, 0.6) is 11.5 Å². The lowest BCUT2D eigenvalue weighted by Crippen LogP contribution is -2.04. The fraction of sp³-hybridized carbons (Fsp3) is 0.222. The van der Waals surface area contributed by atoms with Crippen molar-refractivity contribution in [2.45, 2.75) is 18.9 Å². The van der Waals surface area contributed by atoms with Gasteiger partial charge in [0.2, 0.25) is 0 Å². The summed E-state index contributed by atoms with van der Waals surface area (Å²) < 4.78 is 7.34. The van der Waals surface area contributed by atoms with Gasteiger partial charge in [0.25, 0.3) is 0 Å². The Morgan fingerprint density at radius 2 is 2.04 bits per heavy atom. The zero-order valence-corrected chi connectivity index (χ0v) is 14.9. The predicted octanol–water partition coefficient (Wildman–Crippen LogP) is 4.31. The minimum absolute atomic E-state index is 0.000979. The Hall–Kier alpha value is -2.24. The number of fused-ring (bicyclic) bond motifs is 1. The number of benzene rings is 2. The van der Waals surface area contributed by atoms with E-state index in [9.17, 15) is 5.11 Å². The molecule has 128 valence electrons. The van der Waals surface area contributed by atoms with E-state index >= 15 is 0 Å². The molecule has 0 bridgehead atoms. The molecule has 0 fully saturated rings. The van der Waals surface area contributed by atoms with Gasteiger partial charge in [0.05, 0.1) is 17.2 Å². The average Bonchev–Trinajstić information content (AvgIpc) is 3.19. The third kappa shape index (κ3) is 2.73. The third-order valence-corrected chi connectivity index (χ3v) is 5.32. The fourth-order valence-electron chi connectivity index (χ4n) is 3.30. The molecule has 1 aromatic heterocycles. The molecule has 0 radical (unpaired) electrons. The predicted molar refractivity (Wildman–Crippen MR) is 96.6 cm³/mol. The minimum Gasteiger partial charge on any atom is -0.508 e. The second-order valence-corrected chi connectivity index (χ2v) is 6.76. The summed E-state index contributed by atoms with van der Waals surface area (Å²) in [5.41, 5.74) is 1.59. The number of ether oxygens (including phenoxy) is 1. The van der Waals surface area contributed by atoms with Crippen LogP contribution in [0.15, 0.2) is 36.4 Å². The summed E-state index contributed by atoms with van der Waals surface area (Å²) in [6.07, 6.45) is 0.643. The Morgan fingerprint density at radius 3 is 2.84 bits per heavy atom. The van der Waals surface area contributed by atoms with E-state index in [0.717, 1.165) is 23.0 Å². The summed E-state index contributed by atoms with van der Waals surface area (Å²) in [6.45, 7) is 0.627. The number of phenols is 1. The van der Waals surface area contributed by atoms with Gasteiger partial charge < -0.3 is 14.4 Å². The molecule has 0 aliphatic carbocycles. The van der Waals surface area contributed by atoms with Gasteiger partial charge in [-0.1, -0.05) is 35.3 Å². The van der Waals surface area contributed by atoms with Gasteiger partial charge in [-0.05, 0) is 24.3 Å². The minimum atomic E-state index is 0.000979. The zero-order valence-electron chi connectivity index (χ0n) is 13.4. The molecule has 0 saturated carbocycles. The van der Waals surface area contributed by atoms with E-state index in [1.807, 2.05) is 24.3 Å². The molecular formula is C18H15Cl2N3O2. The highest BCUT2D eigenvalue weighted by Gasteiger charge is 2.31. The first-order valence-corrected chi connectivity index (χ1v) is 8.57. The highest BCUT2D eigenvalue weighted by Crippen LogP contribution is 2.42. The van der Waals surface area contributed by atoms with Gasteiger partial charge in [-0.3, -0.25) is 0 Å². The second kappa shape index (κ2) is 6.24. The highest BCUT2D eigenvalue weighted by atomic mass is 35.5. The maximum absolute atomic E-state index is 10.2. The smallest absolute Gasteiger partial charge is 0.164 e. The summed E-state index contributed by atoms with van der Waals surface area (Å²) in [5, 5.41) is 19.7. The summed E-state index contributed by atoms with van der Waals surface area (Å²) in [4.78, 5) is 0. The van der Waals surface area contributed by atoms with E-state index in [1.165, 1.54) is 0 Å². The van der Waals surface area contributed by atoms with Crippen molar-refractivity contribution in [3.8, 4) is 22.9 Å². The van der Waals surface area contributed by atoms with Crippen molar-refractivity contribution in [1.82, 2.24) is 14.8 Å². The SMILES string of the molecule is COc1cccc(-c2nnc3n2C[C@H](c2c(O)ccc(Cl)c2Cl)C3)c1. The molecule has 1 aliphatic rings. The standard InChI is InChI=1S/C18H15Cl2N3O2/c1-25-12-4-2-3-10(7-12)18-22-21-15-8-11(9-23(15)18)16-14(24)6-5-13(19)17(16)20/h2-7,11,24H,8-9H2,1H3/t11-/m1/s1. The molecule has 1 atom stereocenters. The van der Waals surface area contributed by atoms with Gasteiger partial charge in [0, 0.05) is 30.0 Å². The van der Waals surface area contributed by atoms with Gasteiger partial charge in [-0.2, -0.15) is 0 Å². The van der Waals surface area contributed by atoms with E-state index in [4.69, 9.17) is 27.9 Å². The number of aromatic hydroxyl groups is 1. The van der Waals surface area contributed by atoms with Crippen LogP contribution in [0.2, 0.25) is 10.0 Å². The van der Waals surface area contributed by atoms with Crippen LogP contribution in [0.25, 0.3) is 11.4 Å². The van der Waals surface area contributed by atoms with Crippen LogP contribution in [0, 0.1) is 0 Å². The summed E-state index contributed by atoms with van der Waals surface area (Å²) in [6, 6.07) is 10.9. The lowest BCUT2D eigenvalue weighted by Gasteiger charge is -2.15. The monoisotopic (exact) mass is 375 g/mol. The van der Waals surface area contributed by atoms with E-state index in [1.54, 1.807) is 19.2 Å². The number of hydrogen-bond donors (Lipinski definition) is 1. The number of phenolic OH excluding ortho intramolecular Hbond substituents is 1. The molecule has 0 amide bonds. The lowest BCUT2D eigenvalue weighted by molar-refractivity contribution is 0.415. The summed E-state index contributed by atoms with van der Waals surface area (Å²) >= 11 is 12.4. The van der Waals surface area contributed by atoms with Crippen LogP contribution in [0.3, 0.4) is 0 Å². The molecule has 2 heterocycles. The van der Waals surface area contributed by atoms with Crippen molar-refractivity contribution >= 4 is 23.2 Å². The first-order valence-electron chi connectivity index (χ1n) is 7.82. The van der Waals surface area contributed by atoms with Gasteiger partial charge in [0.15, 0.2) is 5.82 Å². The van der Waals surface area contributed by atoms with Crippen molar-refractivity contribution in [3.63, 3.8) is 0 Å². The highest BCUT2D eigenvalue weighted by molar-refractivity contribution is 6.42. The number of rotatable bonds is 3. The fourth-order valence-corrected chi connectivity index (χ4v) is 3.78. The largest absolute Gasteiger partial charge is 0.508 e. The van der Waals surface area contributed by atoms with Crippen molar-refractivity contribution in [2.24, 2.45) is 0 Å². The number of hydrogen-bond acceptors (Lipinski definition) is 4. The first-order chi connectivity index (χ1) is 12.1. The Kier molecular flexibility index (Phi) is 4.06. The van der Waals surface area contributed by atoms with Crippen LogP contribution in [-0.2, 0) is 13.0 Å². The van der Waals surface area contributed by atoms with E-state index in [2.05, 4.69) is 14.8 Å². The average molecular weight is 376 g/mol. The third-order valence-electron chi connectivity index (χ3n) is 4.51. The molecule has 1 aliphatic heterocycles. The Morgan fingerprint density at radius 1 is 1.20 bits per heavy atom. The summed E-state index contributed by atoms with van der Waals surface area (Å²) in [5.74, 6) is 2.55. The topological polar surface area (TPSA) is 60.2 Å². The van der Waals surface area contributed by atoms with Crippen LogP contribution in [-0.4, -0.2) is 27.0 Å². The number of aromatic nitrogens is 3. The Labute approximate surface area is 154 Å². The zero-order chi connectivity index (χ0) is 17.6. The number of nitrogens with zero attached hydrogens (tertiary/aromatic N) is 3. The molecule has 0 spiro atoms. The maximum Gasteiger partial charge on any atom is 0.164 e. The van der Waals surface area contributed by atoms with Crippen molar-refractivity contribution in [1.29, 1.82) is 0 Å². The maximum atomic E-state index is 10.2. The molecule has 0 unspecified atom stereocenters. The molecular weight excluding hydrogens is 361 g/mol. The van der Waals surface area contributed by atoms with Gasteiger partial charge in [-0.25, -0.2) is 0 Å². The van der Waals surface area contributed by atoms with E-state index in [0.29, 0.717) is 28.6 Å². The van der Waals surface area contributed by atoms with Crippen molar-refractivity contribution in [2.75, 3.05) is 7.11 Å². The summed E-state index contributed by atoms with van der Waals surface area (Å²) in [7, 11) is 1.63. The first kappa shape index (κ1) is 16.2. The van der Waals surface area contributed by atoms with Crippen molar-refractivity contribution < 1.29 is 9.84 Å². The van der Waals surface area contributed by atoms with Crippen LogP contribution in [0.4, 0.5) is 0 Å². The normalized spacial score (nSPS) is 16.0. The quantitative estimate of drug-likeness (QED) is 0.740. The van der Waals surface area contributed by atoms with Gasteiger partial charge in [-0.15, -0.1) is 10.2 Å². The van der Waals surface area contributed by atoms with Gasteiger partial charge in [0.1, 0.15) is 17.3 Å². The molecule has 0 saturated heterocycles. The van der Waals surface area contributed by atoms with E-state index in [-0.39, 0.29) is 11.7 Å². The lowest BCUT2D eigenvalue weighted by atomic mass is 9.96. The van der Waals surface area contributed by atoms with Gasteiger partial charge >= 0.3 is 0 Å². The van der Waals surface area contributed by atoms with Crippen LogP contribution < -0.4 is 4.74 Å². The molecule has 2 aromatic carbocycles. The van der Waals surface area contributed by atoms with Crippen LogP contribution >= 0.6 is 23.2 Å². The Balaban J connectivity index is 1.71. The van der Waals surface area contributed by atoms with Crippen LogP contribution in [0.1, 0.15) is 17.3 Å². The molecule has 5 nitrogen and oxygen atoms in total. The molecule has 25 heavy (non-hydrogen) atoms. The molecule has 4 rings (SSSR count). The Bertz CT molecular complexity index is 955. The number of methoxy groups -OCH3 is 1. The molecule has 7 heteroatoms. The molecule has 3 aromatic rings. The van der Waals surface area contributed by atoms with E-state index < -0.39 is 0 Å². The van der Waals surface area contributed by atoms with Crippen molar-refractivity contribution in [3.05, 3.63) is 57.8 Å². The number of halogens is 2.